The summed E-state index contributed by atoms with van der Waals surface area (Å²) in [6, 6.07) is 0. The minimum Gasteiger partial charge on any atom is -0.464 e. The zero-order valence-electron chi connectivity index (χ0n) is 12.3. The van der Waals surface area contributed by atoms with Gasteiger partial charge in [0.25, 0.3) is 0 Å². The molecule has 0 aliphatic heterocycles. The Morgan fingerprint density at radius 1 is 1.32 bits per heavy atom. The first-order valence-corrected chi connectivity index (χ1v) is 7.88. The van der Waals surface area contributed by atoms with Crippen molar-refractivity contribution in [2.45, 2.75) is 53.2 Å². The van der Waals surface area contributed by atoms with Crippen molar-refractivity contribution in [2.24, 2.45) is 0 Å². The second kappa shape index (κ2) is 6.37. The van der Waals surface area contributed by atoms with Crippen LogP contribution in [-0.4, -0.2) is 18.2 Å². The van der Waals surface area contributed by atoms with E-state index in [1.165, 1.54) is 0 Å². The third-order valence-corrected chi connectivity index (χ3v) is 4.79. The third-order valence-electron chi connectivity index (χ3n) is 2.47. The Kier molecular flexibility index (Phi) is 5.59. The summed E-state index contributed by atoms with van der Waals surface area (Å²) in [6.07, 6.45) is -0.681. The van der Waals surface area contributed by atoms with Crippen LogP contribution < -0.4 is 0 Å². The molecule has 0 amide bonds. The van der Waals surface area contributed by atoms with Gasteiger partial charge < -0.3 is 9.47 Å². The van der Waals surface area contributed by atoms with Crippen LogP contribution in [0.1, 0.15) is 49.1 Å². The van der Waals surface area contributed by atoms with Crippen LogP contribution in [0.3, 0.4) is 0 Å². The number of esters is 1. The van der Waals surface area contributed by atoms with E-state index < -0.39 is 11.7 Å². The van der Waals surface area contributed by atoms with Gasteiger partial charge in [-0.2, -0.15) is 0 Å². The van der Waals surface area contributed by atoms with Crippen molar-refractivity contribution < 1.29 is 14.3 Å². The van der Waals surface area contributed by atoms with E-state index in [0.717, 1.165) is 19.8 Å². The lowest BCUT2D eigenvalue weighted by molar-refractivity contribution is -0.166. The van der Waals surface area contributed by atoms with Gasteiger partial charge in [0, 0.05) is 19.8 Å². The first kappa shape index (κ1) is 16.7. The molecule has 0 bridgehead atoms. The molecule has 5 heteroatoms. The summed E-state index contributed by atoms with van der Waals surface area (Å²) in [5.74, 6) is -0.334. The fraction of sp³-hybridized carbons (Fsp3) is 0.643. The number of hydrogen-bond acceptors (Lipinski definition) is 4. The highest BCUT2D eigenvalue weighted by molar-refractivity contribution is 9.10. The zero-order valence-corrected chi connectivity index (χ0v) is 14.7. The first-order valence-electron chi connectivity index (χ1n) is 6.27. The van der Waals surface area contributed by atoms with Crippen LogP contribution in [0.25, 0.3) is 0 Å². The second-order valence-corrected chi connectivity index (χ2v) is 7.53. The third kappa shape index (κ3) is 4.29. The zero-order chi connectivity index (χ0) is 14.8. The monoisotopic (exact) mass is 348 g/mol. The Balaban J connectivity index is 3.19. The highest BCUT2D eigenvalue weighted by Gasteiger charge is 2.32. The van der Waals surface area contributed by atoms with E-state index in [9.17, 15) is 4.79 Å². The second-order valence-electron chi connectivity index (χ2n) is 5.30. The number of carbonyl (C=O) groups excluding carboxylic acids is 1. The van der Waals surface area contributed by atoms with Crippen LogP contribution in [0.5, 0.6) is 0 Å². The Labute approximate surface area is 127 Å². The van der Waals surface area contributed by atoms with Crippen molar-refractivity contribution in [3.63, 3.8) is 0 Å². The van der Waals surface area contributed by atoms with Gasteiger partial charge in [0.05, 0.1) is 12.2 Å². The number of thiophene rings is 1. The smallest absolute Gasteiger partial charge is 0.340 e. The largest absolute Gasteiger partial charge is 0.464 e. The molecule has 0 fully saturated rings. The van der Waals surface area contributed by atoms with Crippen LogP contribution in [0.15, 0.2) is 4.47 Å². The molecule has 1 heterocycles. The molecule has 0 saturated carbocycles. The summed E-state index contributed by atoms with van der Waals surface area (Å²) in [5.41, 5.74) is 0.468. The molecular formula is C14H21BrO3S. The molecule has 0 spiro atoms. The number of carbonyl (C=O) groups is 1. The van der Waals surface area contributed by atoms with Crippen molar-refractivity contribution in [2.75, 3.05) is 6.61 Å². The predicted octanol–water partition coefficient (Wildman–Crippen LogP) is 4.55. The average molecular weight is 349 g/mol. The lowest BCUT2D eigenvalue weighted by atomic mass is 10.1. The molecule has 3 nitrogen and oxygen atoms in total. The van der Waals surface area contributed by atoms with Crippen LogP contribution >= 0.6 is 27.3 Å². The van der Waals surface area contributed by atoms with Gasteiger partial charge in [-0.1, -0.05) is 0 Å². The lowest BCUT2D eigenvalue weighted by Crippen LogP contribution is -2.29. The van der Waals surface area contributed by atoms with Gasteiger partial charge in [0.15, 0.2) is 6.10 Å². The Morgan fingerprint density at radius 3 is 2.26 bits per heavy atom. The summed E-state index contributed by atoms with van der Waals surface area (Å²) < 4.78 is 12.0. The van der Waals surface area contributed by atoms with E-state index in [1.807, 2.05) is 34.6 Å². The molecule has 1 unspecified atom stereocenters. The van der Waals surface area contributed by atoms with E-state index in [2.05, 4.69) is 15.9 Å². The van der Waals surface area contributed by atoms with Gasteiger partial charge in [-0.25, -0.2) is 4.79 Å². The van der Waals surface area contributed by atoms with Crippen molar-refractivity contribution >= 4 is 33.2 Å². The number of halogens is 1. The average Bonchev–Trinajstić information content (AvgIpc) is 2.49. The lowest BCUT2D eigenvalue weighted by Gasteiger charge is -2.26. The normalized spacial score (nSPS) is 13.4. The Hall–Kier alpha value is -0.390. The molecule has 0 saturated heterocycles. The highest BCUT2D eigenvalue weighted by atomic mass is 79.9. The summed E-state index contributed by atoms with van der Waals surface area (Å²) in [7, 11) is 0. The molecule has 0 N–H and O–H groups in total. The Bertz CT molecular complexity index is 460. The number of hydrogen-bond donors (Lipinski definition) is 0. The summed E-state index contributed by atoms with van der Waals surface area (Å²) in [5, 5.41) is 0. The SMILES string of the molecule is CCOC(=O)C(OC(C)(C)C)c1c(C)sc(C)c1Br. The molecule has 19 heavy (non-hydrogen) atoms. The molecule has 1 rings (SSSR count). The van der Waals surface area contributed by atoms with Crippen LogP contribution in [0.4, 0.5) is 0 Å². The first-order chi connectivity index (χ1) is 8.67. The maximum absolute atomic E-state index is 12.2. The van der Waals surface area contributed by atoms with Crippen molar-refractivity contribution in [3.05, 3.63) is 19.8 Å². The van der Waals surface area contributed by atoms with E-state index in [0.29, 0.717) is 6.61 Å². The molecule has 1 aromatic heterocycles. The molecule has 0 radical (unpaired) electrons. The van der Waals surface area contributed by atoms with Gasteiger partial charge in [0.2, 0.25) is 0 Å². The minimum absolute atomic E-state index is 0.334. The van der Waals surface area contributed by atoms with Gasteiger partial charge in [0.1, 0.15) is 0 Å². The number of ether oxygens (including phenoxy) is 2. The fourth-order valence-corrected chi connectivity index (χ4v) is 3.63. The molecule has 0 aromatic carbocycles. The van der Waals surface area contributed by atoms with Crippen LogP contribution in [0.2, 0.25) is 0 Å². The van der Waals surface area contributed by atoms with Crippen LogP contribution in [0, 0.1) is 13.8 Å². The summed E-state index contributed by atoms with van der Waals surface area (Å²) in [4.78, 5) is 14.4. The van der Waals surface area contributed by atoms with Gasteiger partial charge in [-0.05, 0) is 57.5 Å². The number of aryl methyl sites for hydroxylation is 2. The maximum Gasteiger partial charge on any atom is 0.340 e. The molecule has 1 aromatic rings. The Morgan fingerprint density at radius 2 is 1.89 bits per heavy atom. The van der Waals surface area contributed by atoms with E-state index in [4.69, 9.17) is 9.47 Å². The molecular weight excluding hydrogens is 328 g/mol. The van der Waals surface area contributed by atoms with Gasteiger partial charge >= 0.3 is 5.97 Å². The molecule has 0 aliphatic carbocycles. The molecule has 1 atom stereocenters. The maximum atomic E-state index is 12.2. The van der Waals surface area contributed by atoms with E-state index in [-0.39, 0.29) is 5.97 Å². The quantitative estimate of drug-likeness (QED) is 0.749. The highest BCUT2D eigenvalue weighted by Crippen LogP contribution is 2.39. The van der Waals surface area contributed by atoms with Crippen molar-refractivity contribution in [3.8, 4) is 0 Å². The van der Waals surface area contributed by atoms with Crippen LogP contribution in [-0.2, 0) is 14.3 Å². The van der Waals surface area contributed by atoms with Gasteiger partial charge in [-0.15, -0.1) is 11.3 Å². The summed E-state index contributed by atoms with van der Waals surface area (Å²) in [6.45, 7) is 12.0. The molecule has 0 aliphatic rings. The topological polar surface area (TPSA) is 35.5 Å². The number of rotatable bonds is 4. The van der Waals surface area contributed by atoms with E-state index >= 15 is 0 Å². The standard InChI is InChI=1S/C14H21BrO3S/c1-7-17-13(16)12(18-14(4,5)6)10-8(2)19-9(3)11(10)15/h12H,7H2,1-6H3. The minimum atomic E-state index is -0.681. The van der Waals surface area contributed by atoms with E-state index in [1.54, 1.807) is 18.3 Å². The van der Waals surface area contributed by atoms with Crippen molar-refractivity contribution in [1.82, 2.24) is 0 Å². The van der Waals surface area contributed by atoms with Gasteiger partial charge in [-0.3, -0.25) is 0 Å². The molecule has 108 valence electrons. The van der Waals surface area contributed by atoms with Crippen molar-refractivity contribution in [1.29, 1.82) is 0 Å². The summed E-state index contributed by atoms with van der Waals surface area (Å²) >= 11 is 5.20. The fourth-order valence-electron chi connectivity index (χ4n) is 1.77. The predicted molar refractivity (Wildman–Crippen MR) is 81.7 cm³/mol.